The molecule has 15 heavy (non-hydrogen) atoms. The molecule has 0 fully saturated rings. The molecular formula is C12H14N2S. The summed E-state index contributed by atoms with van der Waals surface area (Å²) in [6.07, 6.45) is 1.85. The van der Waals surface area contributed by atoms with Crippen LogP contribution in [0.15, 0.2) is 40.3 Å². The summed E-state index contributed by atoms with van der Waals surface area (Å²) in [6.45, 7) is 2.81. The Morgan fingerprint density at radius 1 is 1.33 bits per heavy atom. The van der Waals surface area contributed by atoms with Gasteiger partial charge in [0.15, 0.2) is 0 Å². The first-order chi connectivity index (χ1) is 7.34. The van der Waals surface area contributed by atoms with Crippen molar-refractivity contribution in [2.45, 2.75) is 18.1 Å². The normalized spacial score (nSPS) is 20.1. The van der Waals surface area contributed by atoms with Gasteiger partial charge in [-0.05, 0) is 12.5 Å². The van der Waals surface area contributed by atoms with Crippen LogP contribution in [0.3, 0.4) is 0 Å². The number of nitrogens with zero attached hydrogens (tertiary/aromatic N) is 2. The molecule has 0 saturated carbocycles. The Morgan fingerprint density at radius 3 is 2.87 bits per heavy atom. The second kappa shape index (κ2) is 5.12. The predicted octanol–water partition coefficient (Wildman–Crippen LogP) is 2.79. The van der Waals surface area contributed by atoms with Crippen molar-refractivity contribution >= 4 is 23.7 Å². The number of thioether (sulfide) groups is 1. The Bertz CT molecular complexity index is 370. The SMILES string of the molecule is CC1=NC(SCc2ccccc2)CN=C1. The van der Waals surface area contributed by atoms with Crippen LogP contribution in [-0.2, 0) is 5.75 Å². The molecule has 78 valence electrons. The standard InChI is InChI=1S/C12H14N2S/c1-10-7-13-8-12(14-10)15-9-11-5-3-2-4-6-11/h2-7,12H,8-9H2,1H3. The van der Waals surface area contributed by atoms with Gasteiger partial charge in [-0.15, -0.1) is 11.8 Å². The lowest BCUT2D eigenvalue weighted by molar-refractivity contribution is 0.906. The van der Waals surface area contributed by atoms with Crippen molar-refractivity contribution in [1.82, 2.24) is 0 Å². The van der Waals surface area contributed by atoms with Crippen LogP contribution in [0.4, 0.5) is 0 Å². The van der Waals surface area contributed by atoms with Crippen molar-refractivity contribution in [1.29, 1.82) is 0 Å². The van der Waals surface area contributed by atoms with Gasteiger partial charge in [0.1, 0.15) is 5.37 Å². The highest BCUT2D eigenvalue weighted by molar-refractivity contribution is 7.99. The Hall–Kier alpha value is -1.09. The minimum Gasteiger partial charge on any atom is -0.288 e. The van der Waals surface area contributed by atoms with Gasteiger partial charge in [-0.1, -0.05) is 30.3 Å². The van der Waals surface area contributed by atoms with Gasteiger partial charge in [0.25, 0.3) is 0 Å². The van der Waals surface area contributed by atoms with Gasteiger partial charge in [-0.25, -0.2) is 0 Å². The van der Waals surface area contributed by atoms with E-state index >= 15 is 0 Å². The van der Waals surface area contributed by atoms with Crippen molar-refractivity contribution < 1.29 is 0 Å². The van der Waals surface area contributed by atoms with E-state index in [4.69, 9.17) is 0 Å². The number of hydrogen-bond acceptors (Lipinski definition) is 3. The summed E-state index contributed by atoms with van der Waals surface area (Å²) < 4.78 is 0. The van der Waals surface area contributed by atoms with Gasteiger partial charge in [0.05, 0.1) is 12.3 Å². The average Bonchev–Trinajstić information content (AvgIpc) is 2.28. The summed E-state index contributed by atoms with van der Waals surface area (Å²) in [7, 11) is 0. The van der Waals surface area contributed by atoms with Gasteiger partial charge < -0.3 is 0 Å². The Balaban J connectivity index is 1.87. The molecule has 2 nitrogen and oxygen atoms in total. The van der Waals surface area contributed by atoms with Crippen molar-refractivity contribution in [2.24, 2.45) is 9.98 Å². The van der Waals surface area contributed by atoms with Crippen molar-refractivity contribution in [3.63, 3.8) is 0 Å². The Labute approximate surface area is 94.5 Å². The molecule has 2 rings (SSSR count). The highest BCUT2D eigenvalue weighted by Crippen LogP contribution is 2.20. The maximum atomic E-state index is 4.53. The van der Waals surface area contributed by atoms with Gasteiger partial charge >= 0.3 is 0 Å². The number of benzene rings is 1. The molecule has 1 aromatic carbocycles. The molecule has 1 atom stereocenters. The average molecular weight is 218 g/mol. The first-order valence-corrected chi connectivity index (χ1v) is 6.09. The minimum atomic E-state index is 0.301. The van der Waals surface area contributed by atoms with E-state index in [-0.39, 0.29) is 0 Å². The minimum absolute atomic E-state index is 0.301. The van der Waals surface area contributed by atoms with Crippen LogP contribution in [0, 0.1) is 0 Å². The molecule has 0 aromatic heterocycles. The maximum Gasteiger partial charge on any atom is 0.115 e. The molecule has 1 aliphatic rings. The van der Waals surface area contributed by atoms with Crippen LogP contribution in [0.2, 0.25) is 0 Å². The lowest BCUT2D eigenvalue weighted by atomic mass is 10.2. The fourth-order valence-corrected chi connectivity index (χ4v) is 2.44. The van der Waals surface area contributed by atoms with Crippen LogP contribution in [0.1, 0.15) is 12.5 Å². The summed E-state index contributed by atoms with van der Waals surface area (Å²) in [6, 6.07) is 10.5. The Kier molecular flexibility index (Phi) is 3.56. The van der Waals surface area contributed by atoms with Gasteiger partial charge in [-0.2, -0.15) is 0 Å². The summed E-state index contributed by atoms with van der Waals surface area (Å²) >= 11 is 1.85. The summed E-state index contributed by atoms with van der Waals surface area (Å²) in [5.41, 5.74) is 2.39. The van der Waals surface area contributed by atoms with Gasteiger partial charge in [0, 0.05) is 12.0 Å². The van der Waals surface area contributed by atoms with Crippen molar-refractivity contribution in [3.8, 4) is 0 Å². The lowest BCUT2D eigenvalue weighted by Crippen LogP contribution is -2.13. The zero-order chi connectivity index (χ0) is 10.5. The molecule has 1 unspecified atom stereocenters. The van der Waals surface area contributed by atoms with E-state index < -0.39 is 0 Å². The van der Waals surface area contributed by atoms with Crippen molar-refractivity contribution in [2.75, 3.05) is 6.54 Å². The predicted molar refractivity (Wildman–Crippen MR) is 68.0 cm³/mol. The van der Waals surface area contributed by atoms with Crippen molar-refractivity contribution in [3.05, 3.63) is 35.9 Å². The van der Waals surface area contributed by atoms with Crippen LogP contribution in [0.5, 0.6) is 0 Å². The van der Waals surface area contributed by atoms with Crippen LogP contribution >= 0.6 is 11.8 Å². The van der Waals surface area contributed by atoms with E-state index in [0.29, 0.717) is 5.37 Å². The van der Waals surface area contributed by atoms with E-state index in [1.54, 1.807) is 0 Å². The Morgan fingerprint density at radius 2 is 2.13 bits per heavy atom. The topological polar surface area (TPSA) is 24.7 Å². The second-order valence-electron chi connectivity index (χ2n) is 3.52. The van der Waals surface area contributed by atoms with E-state index in [2.05, 4.69) is 34.3 Å². The third-order valence-corrected chi connectivity index (χ3v) is 3.31. The fraction of sp³-hybridized carbons (Fsp3) is 0.333. The molecule has 0 amide bonds. The van der Waals surface area contributed by atoms with Crippen LogP contribution in [-0.4, -0.2) is 23.8 Å². The third kappa shape index (κ3) is 3.20. The molecule has 1 aromatic rings. The van der Waals surface area contributed by atoms with E-state index in [1.807, 2.05) is 31.0 Å². The lowest BCUT2D eigenvalue weighted by Gasteiger charge is -2.13. The molecule has 0 spiro atoms. The van der Waals surface area contributed by atoms with Crippen LogP contribution < -0.4 is 0 Å². The zero-order valence-electron chi connectivity index (χ0n) is 8.76. The second-order valence-corrected chi connectivity index (χ2v) is 4.68. The maximum absolute atomic E-state index is 4.53. The van der Waals surface area contributed by atoms with Gasteiger partial charge in [0.2, 0.25) is 0 Å². The summed E-state index contributed by atoms with van der Waals surface area (Å²) in [5.74, 6) is 1.01. The molecule has 1 heterocycles. The quantitative estimate of drug-likeness (QED) is 0.765. The summed E-state index contributed by atoms with van der Waals surface area (Å²) in [5, 5.41) is 0.301. The first-order valence-electron chi connectivity index (χ1n) is 5.04. The number of rotatable bonds is 3. The fourth-order valence-electron chi connectivity index (χ4n) is 1.43. The molecule has 0 saturated heterocycles. The summed E-state index contributed by atoms with van der Waals surface area (Å²) in [4.78, 5) is 8.80. The molecule has 0 N–H and O–H groups in total. The van der Waals surface area contributed by atoms with E-state index in [1.165, 1.54) is 5.56 Å². The van der Waals surface area contributed by atoms with E-state index in [9.17, 15) is 0 Å². The molecular weight excluding hydrogens is 204 g/mol. The van der Waals surface area contributed by atoms with E-state index in [0.717, 1.165) is 18.0 Å². The number of hydrogen-bond donors (Lipinski definition) is 0. The van der Waals surface area contributed by atoms with Gasteiger partial charge in [-0.3, -0.25) is 9.98 Å². The molecule has 1 aliphatic heterocycles. The van der Waals surface area contributed by atoms with Crippen LogP contribution in [0.25, 0.3) is 0 Å². The first kappa shape index (κ1) is 10.4. The third-order valence-electron chi connectivity index (χ3n) is 2.17. The molecule has 3 heteroatoms. The highest BCUT2D eigenvalue weighted by Gasteiger charge is 2.09. The molecule has 0 bridgehead atoms. The largest absolute Gasteiger partial charge is 0.288 e. The zero-order valence-corrected chi connectivity index (χ0v) is 9.57. The molecule has 0 aliphatic carbocycles. The smallest absolute Gasteiger partial charge is 0.115 e. The highest BCUT2D eigenvalue weighted by atomic mass is 32.2. The monoisotopic (exact) mass is 218 g/mol. The molecule has 0 radical (unpaired) electrons. The number of aliphatic imine (C=N–C) groups is 2.